The van der Waals surface area contributed by atoms with Gasteiger partial charge in [0.2, 0.25) is 5.78 Å². The summed E-state index contributed by atoms with van der Waals surface area (Å²) in [6.45, 7) is 0.587. The molecule has 0 saturated carbocycles. The van der Waals surface area contributed by atoms with Crippen molar-refractivity contribution in [2.75, 3.05) is 6.61 Å². The molecule has 1 aromatic heterocycles. The van der Waals surface area contributed by atoms with Gasteiger partial charge in [0.25, 0.3) is 0 Å². The molecule has 1 aliphatic rings. The van der Waals surface area contributed by atoms with Crippen LogP contribution in [-0.2, 0) is 6.61 Å². The van der Waals surface area contributed by atoms with E-state index in [0.29, 0.717) is 23.7 Å². The summed E-state index contributed by atoms with van der Waals surface area (Å²) < 4.78 is 11.6. The largest absolute Gasteiger partial charge is 0.488 e. The lowest BCUT2D eigenvalue weighted by Crippen LogP contribution is -1.98. The van der Waals surface area contributed by atoms with Crippen LogP contribution in [0.3, 0.4) is 0 Å². The number of hydrogen-bond acceptors (Lipinski definition) is 4. The van der Waals surface area contributed by atoms with Crippen LogP contribution in [0.5, 0.6) is 11.5 Å². The minimum Gasteiger partial charge on any atom is -0.488 e. The molecule has 0 fully saturated rings. The molecule has 0 saturated heterocycles. The van der Waals surface area contributed by atoms with Crippen LogP contribution >= 0.6 is 22.9 Å². The fraction of sp³-hybridized carbons (Fsp3) is 0.154. The van der Waals surface area contributed by atoms with Crippen molar-refractivity contribution >= 4 is 28.7 Å². The van der Waals surface area contributed by atoms with Gasteiger partial charge in [0.15, 0.2) is 6.61 Å². The molecule has 0 unspecified atom stereocenters. The van der Waals surface area contributed by atoms with Crippen LogP contribution in [0.2, 0.25) is 4.34 Å². The van der Waals surface area contributed by atoms with E-state index in [0.717, 1.165) is 9.21 Å². The van der Waals surface area contributed by atoms with Crippen LogP contribution in [0.4, 0.5) is 0 Å². The lowest BCUT2D eigenvalue weighted by atomic mass is 10.1. The monoisotopic (exact) mass is 280 g/mol. The third kappa shape index (κ3) is 2.21. The molecule has 0 bridgehead atoms. The number of fused-ring (bicyclic) bond motifs is 1. The van der Waals surface area contributed by atoms with E-state index in [9.17, 15) is 4.79 Å². The zero-order valence-corrected chi connectivity index (χ0v) is 10.9. The maximum atomic E-state index is 11.4. The van der Waals surface area contributed by atoms with Crippen LogP contribution in [0.1, 0.15) is 15.2 Å². The summed E-state index contributed by atoms with van der Waals surface area (Å²) in [5.74, 6) is 1.30. The number of thiophene rings is 1. The van der Waals surface area contributed by atoms with Gasteiger partial charge >= 0.3 is 0 Å². The molecule has 2 aromatic rings. The minimum absolute atomic E-state index is 0.0154. The maximum Gasteiger partial charge on any atom is 0.203 e. The highest BCUT2D eigenvalue weighted by Gasteiger charge is 2.21. The molecular weight excluding hydrogens is 272 g/mol. The van der Waals surface area contributed by atoms with Crippen LogP contribution in [0, 0.1) is 0 Å². The number of carbonyl (C=O) groups is 1. The molecule has 0 radical (unpaired) electrons. The summed E-state index contributed by atoms with van der Waals surface area (Å²) in [4.78, 5) is 12.4. The molecule has 3 nitrogen and oxygen atoms in total. The first-order valence-electron chi connectivity index (χ1n) is 5.39. The molecule has 1 aromatic carbocycles. The van der Waals surface area contributed by atoms with Crippen molar-refractivity contribution in [3.63, 3.8) is 0 Å². The lowest BCUT2D eigenvalue weighted by molar-refractivity contribution is 0.0961. The number of benzene rings is 1. The highest BCUT2D eigenvalue weighted by molar-refractivity contribution is 7.16. The van der Waals surface area contributed by atoms with E-state index in [1.165, 1.54) is 11.3 Å². The van der Waals surface area contributed by atoms with E-state index in [2.05, 4.69) is 0 Å². The summed E-state index contributed by atoms with van der Waals surface area (Å²) in [5.41, 5.74) is 0.626. The number of hydrogen-bond donors (Lipinski definition) is 0. The smallest absolute Gasteiger partial charge is 0.203 e. The normalized spacial score (nSPS) is 13.3. The Hall–Kier alpha value is -1.52. The van der Waals surface area contributed by atoms with Gasteiger partial charge in [-0.15, -0.1) is 11.3 Å². The predicted molar refractivity (Wildman–Crippen MR) is 69.9 cm³/mol. The van der Waals surface area contributed by atoms with Gasteiger partial charge in [-0.25, -0.2) is 0 Å². The van der Waals surface area contributed by atoms with E-state index in [1.54, 1.807) is 18.2 Å². The second kappa shape index (κ2) is 4.63. The Morgan fingerprint density at radius 2 is 2.22 bits per heavy atom. The number of ether oxygens (including phenoxy) is 2. The van der Waals surface area contributed by atoms with Gasteiger partial charge in [-0.2, -0.15) is 0 Å². The molecule has 3 rings (SSSR count). The average molecular weight is 281 g/mol. The molecule has 1 aliphatic heterocycles. The van der Waals surface area contributed by atoms with Crippen molar-refractivity contribution < 1.29 is 14.3 Å². The van der Waals surface area contributed by atoms with Gasteiger partial charge in [-0.3, -0.25) is 4.79 Å². The van der Waals surface area contributed by atoms with Crippen molar-refractivity contribution in [1.82, 2.24) is 0 Å². The Kier molecular flexibility index (Phi) is 2.97. The number of carbonyl (C=O) groups excluding carboxylic acids is 1. The van der Waals surface area contributed by atoms with Gasteiger partial charge in [-0.05, 0) is 24.3 Å². The number of Topliss-reactive ketones (excluding diaryl/α,β-unsaturated/α-hetero) is 1. The topological polar surface area (TPSA) is 35.5 Å². The van der Waals surface area contributed by atoms with Gasteiger partial charge in [0, 0.05) is 10.9 Å². The molecular formula is C13H9ClO3S. The summed E-state index contributed by atoms with van der Waals surface area (Å²) >= 11 is 7.33. The minimum atomic E-state index is 0.0154. The van der Waals surface area contributed by atoms with Gasteiger partial charge in [0.05, 0.1) is 9.90 Å². The summed E-state index contributed by atoms with van der Waals surface area (Å²) in [5, 5.41) is 0. The first-order valence-corrected chi connectivity index (χ1v) is 6.59. The third-order valence-electron chi connectivity index (χ3n) is 2.62. The SMILES string of the molecule is O=C1COc2cc(OCc3ccc(Cl)s3)ccc21. The Labute approximate surface area is 113 Å². The van der Waals surface area contributed by atoms with Crippen LogP contribution in [0.25, 0.3) is 0 Å². The Morgan fingerprint density at radius 1 is 1.33 bits per heavy atom. The molecule has 5 heteroatoms. The highest BCUT2D eigenvalue weighted by atomic mass is 35.5. The Bertz CT molecular complexity index is 606. The fourth-order valence-corrected chi connectivity index (χ4v) is 2.75. The zero-order valence-electron chi connectivity index (χ0n) is 9.31. The Balaban J connectivity index is 1.72. The van der Waals surface area contributed by atoms with Crippen molar-refractivity contribution in [3.8, 4) is 11.5 Å². The molecule has 0 aliphatic carbocycles. The van der Waals surface area contributed by atoms with E-state index >= 15 is 0 Å². The molecule has 0 atom stereocenters. The van der Waals surface area contributed by atoms with Crippen molar-refractivity contribution in [2.45, 2.75) is 6.61 Å². The second-order valence-electron chi connectivity index (χ2n) is 3.86. The summed E-state index contributed by atoms with van der Waals surface area (Å²) in [6.07, 6.45) is 0. The summed E-state index contributed by atoms with van der Waals surface area (Å²) in [7, 11) is 0. The molecule has 2 heterocycles. The average Bonchev–Trinajstić information content (AvgIpc) is 2.94. The number of rotatable bonds is 3. The molecule has 0 spiro atoms. The van der Waals surface area contributed by atoms with Crippen molar-refractivity contribution in [3.05, 3.63) is 45.1 Å². The predicted octanol–water partition coefficient (Wildman–Crippen LogP) is 3.56. The van der Waals surface area contributed by atoms with E-state index < -0.39 is 0 Å². The standard InChI is InChI=1S/C13H9ClO3S/c14-13-4-2-9(18-13)6-16-8-1-3-10-11(15)7-17-12(10)5-8/h1-5H,6-7H2. The van der Waals surface area contributed by atoms with E-state index in [1.807, 2.05) is 12.1 Å². The van der Waals surface area contributed by atoms with E-state index in [-0.39, 0.29) is 12.4 Å². The first kappa shape index (κ1) is 11.6. The number of halogens is 1. The Morgan fingerprint density at radius 3 is 3.00 bits per heavy atom. The zero-order chi connectivity index (χ0) is 12.5. The molecule has 92 valence electrons. The summed E-state index contributed by atoms with van der Waals surface area (Å²) in [6, 6.07) is 9.03. The molecule has 0 amide bonds. The fourth-order valence-electron chi connectivity index (χ4n) is 1.75. The van der Waals surface area contributed by atoms with Gasteiger partial charge in [-0.1, -0.05) is 11.6 Å². The maximum absolute atomic E-state index is 11.4. The lowest BCUT2D eigenvalue weighted by Gasteiger charge is -2.05. The van der Waals surface area contributed by atoms with E-state index in [4.69, 9.17) is 21.1 Å². The van der Waals surface area contributed by atoms with Crippen molar-refractivity contribution in [1.29, 1.82) is 0 Å². The van der Waals surface area contributed by atoms with Crippen LogP contribution < -0.4 is 9.47 Å². The third-order valence-corrected chi connectivity index (χ3v) is 3.83. The van der Waals surface area contributed by atoms with Crippen molar-refractivity contribution in [2.24, 2.45) is 0 Å². The van der Waals surface area contributed by atoms with Crippen LogP contribution in [0.15, 0.2) is 30.3 Å². The highest BCUT2D eigenvalue weighted by Crippen LogP contribution is 2.30. The second-order valence-corrected chi connectivity index (χ2v) is 5.66. The molecule has 0 N–H and O–H groups in total. The first-order chi connectivity index (χ1) is 8.72. The van der Waals surface area contributed by atoms with Gasteiger partial charge < -0.3 is 9.47 Å². The van der Waals surface area contributed by atoms with Gasteiger partial charge in [0.1, 0.15) is 18.1 Å². The number of ketones is 1. The quantitative estimate of drug-likeness (QED) is 0.862. The molecule has 18 heavy (non-hydrogen) atoms. The van der Waals surface area contributed by atoms with Crippen LogP contribution in [-0.4, -0.2) is 12.4 Å².